The highest BCUT2D eigenvalue weighted by atomic mass is 19.1. The lowest BCUT2D eigenvalue weighted by atomic mass is 10.1. The Morgan fingerprint density at radius 3 is 2.76 bits per heavy atom. The molecule has 1 aromatic rings. The number of nitrogens with two attached hydrogens (primary N) is 1. The first-order chi connectivity index (χ1) is 8.00. The largest absolute Gasteiger partial charge is 0.334 e. The van der Waals surface area contributed by atoms with E-state index >= 15 is 0 Å². The minimum absolute atomic E-state index is 0.0421. The van der Waals surface area contributed by atoms with E-state index in [1.165, 1.54) is 12.1 Å². The molecule has 1 heterocycles. The highest BCUT2D eigenvalue weighted by molar-refractivity contribution is 5.94. The van der Waals surface area contributed by atoms with Crippen LogP contribution in [0.3, 0.4) is 0 Å². The molecule has 3 nitrogen and oxygen atoms in total. The summed E-state index contributed by atoms with van der Waals surface area (Å²) in [5.74, 6) is -0.346. The normalized spacial score (nSPS) is 24.1. The van der Waals surface area contributed by atoms with Gasteiger partial charge in [0.2, 0.25) is 0 Å². The number of nitrogens with zero attached hydrogens (tertiary/aromatic N) is 1. The van der Waals surface area contributed by atoms with Crippen molar-refractivity contribution in [3.63, 3.8) is 0 Å². The third kappa shape index (κ3) is 2.17. The zero-order chi connectivity index (χ0) is 12.6. The van der Waals surface area contributed by atoms with Crippen molar-refractivity contribution >= 4 is 5.91 Å². The Balaban J connectivity index is 2.22. The molecule has 0 spiro atoms. The van der Waals surface area contributed by atoms with Gasteiger partial charge in [0.15, 0.2) is 0 Å². The quantitative estimate of drug-likeness (QED) is 0.806. The summed E-state index contributed by atoms with van der Waals surface area (Å²) in [5.41, 5.74) is 6.91. The molecular weight excluding hydrogens is 219 g/mol. The second kappa shape index (κ2) is 4.45. The number of rotatable bonds is 1. The molecule has 4 heteroatoms. The van der Waals surface area contributed by atoms with E-state index in [0.717, 1.165) is 6.42 Å². The zero-order valence-corrected chi connectivity index (χ0v) is 10.1. The van der Waals surface area contributed by atoms with Crippen LogP contribution in [0, 0.1) is 12.7 Å². The molecule has 2 unspecified atom stereocenters. The molecule has 1 aliphatic rings. The summed E-state index contributed by atoms with van der Waals surface area (Å²) in [6, 6.07) is 4.55. The van der Waals surface area contributed by atoms with E-state index in [1.807, 2.05) is 6.92 Å². The van der Waals surface area contributed by atoms with Gasteiger partial charge in [-0.2, -0.15) is 0 Å². The molecule has 1 amide bonds. The Bertz CT molecular complexity index is 447. The van der Waals surface area contributed by atoms with Gasteiger partial charge in [0.05, 0.1) is 0 Å². The Hall–Kier alpha value is -1.42. The van der Waals surface area contributed by atoms with Crippen molar-refractivity contribution in [1.29, 1.82) is 0 Å². The molecule has 1 saturated heterocycles. The molecule has 0 bridgehead atoms. The van der Waals surface area contributed by atoms with Gasteiger partial charge < -0.3 is 10.6 Å². The maximum atomic E-state index is 13.1. The second-order valence-corrected chi connectivity index (χ2v) is 4.66. The summed E-state index contributed by atoms with van der Waals surface area (Å²) >= 11 is 0. The fourth-order valence-electron chi connectivity index (χ4n) is 2.19. The van der Waals surface area contributed by atoms with Gasteiger partial charge >= 0.3 is 0 Å². The molecule has 2 rings (SSSR count). The maximum Gasteiger partial charge on any atom is 0.254 e. The fourth-order valence-corrected chi connectivity index (χ4v) is 2.19. The van der Waals surface area contributed by atoms with Crippen LogP contribution in [-0.2, 0) is 0 Å². The fraction of sp³-hybridized carbons (Fsp3) is 0.462. The Morgan fingerprint density at radius 2 is 2.24 bits per heavy atom. The first kappa shape index (κ1) is 12.0. The van der Waals surface area contributed by atoms with Gasteiger partial charge in [0.25, 0.3) is 5.91 Å². The van der Waals surface area contributed by atoms with Crippen molar-refractivity contribution in [3.8, 4) is 0 Å². The smallest absolute Gasteiger partial charge is 0.254 e. The minimum Gasteiger partial charge on any atom is -0.334 e. The molecule has 0 aliphatic carbocycles. The van der Waals surface area contributed by atoms with Crippen LogP contribution < -0.4 is 5.73 Å². The summed E-state index contributed by atoms with van der Waals surface area (Å²) in [6.07, 6.45) is 0.826. The highest BCUT2D eigenvalue weighted by Gasteiger charge is 2.31. The molecule has 0 aromatic heterocycles. The molecule has 0 saturated carbocycles. The number of hydrogen-bond donors (Lipinski definition) is 1. The van der Waals surface area contributed by atoms with E-state index in [-0.39, 0.29) is 23.8 Å². The number of likely N-dealkylation sites (tertiary alicyclic amines) is 1. The van der Waals surface area contributed by atoms with E-state index in [0.29, 0.717) is 17.7 Å². The van der Waals surface area contributed by atoms with Crippen LogP contribution in [0.1, 0.15) is 29.3 Å². The number of benzene rings is 1. The number of carbonyl (C=O) groups excluding carboxylic acids is 1. The molecule has 17 heavy (non-hydrogen) atoms. The minimum atomic E-state index is -0.285. The topological polar surface area (TPSA) is 46.3 Å². The van der Waals surface area contributed by atoms with Gasteiger partial charge in [-0.3, -0.25) is 4.79 Å². The molecule has 2 N–H and O–H groups in total. The van der Waals surface area contributed by atoms with Crippen LogP contribution in [0.25, 0.3) is 0 Å². The molecule has 2 atom stereocenters. The summed E-state index contributed by atoms with van der Waals surface area (Å²) in [6.45, 7) is 4.29. The monoisotopic (exact) mass is 236 g/mol. The first-order valence-corrected chi connectivity index (χ1v) is 5.83. The van der Waals surface area contributed by atoms with Gasteiger partial charge in [-0.25, -0.2) is 4.39 Å². The van der Waals surface area contributed by atoms with Crippen molar-refractivity contribution in [2.45, 2.75) is 32.4 Å². The molecular formula is C13H17FN2O. The maximum absolute atomic E-state index is 13.1. The van der Waals surface area contributed by atoms with E-state index in [1.54, 1.807) is 17.9 Å². The summed E-state index contributed by atoms with van der Waals surface area (Å²) in [5, 5.41) is 0. The molecule has 92 valence electrons. The summed E-state index contributed by atoms with van der Waals surface area (Å²) < 4.78 is 13.1. The Morgan fingerprint density at radius 1 is 1.53 bits per heavy atom. The van der Waals surface area contributed by atoms with Crippen LogP contribution in [0.15, 0.2) is 18.2 Å². The van der Waals surface area contributed by atoms with E-state index in [9.17, 15) is 9.18 Å². The van der Waals surface area contributed by atoms with Gasteiger partial charge in [-0.05, 0) is 44.0 Å². The average molecular weight is 236 g/mol. The summed E-state index contributed by atoms with van der Waals surface area (Å²) in [7, 11) is 0. The number of carbonyl (C=O) groups is 1. The van der Waals surface area contributed by atoms with Crippen molar-refractivity contribution in [3.05, 3.63) is 35.1 Å². The summed E-state index contributed by atoms with van der Waals surface area (Å²) in [4.78, 5) is 14.0. The van der Waals surface area contributed by atoms with Crippen LogP contribution in [0.5, 0.6) is 0 Å². The standard InChI is InChI=1S/C13H17FN2O/c1-8-7-10(3-4-11(8)14)13(17)16-6-5-12(15)9(16)2/h3-4,7,9,12H,5-6,15H2,1-2H3. The average Bonchev–Trinajstić information content (AvgIpc) is 2.63. The van der Waals surface area contributed by atoms with Gasteiger partial charge in [0, 0.05) is 24.2 Å². The number of aryl methyl sites for hydroxylation is 1. The van der Waals surface area contributed by atoms with Crippen LogP contribution in [0.2, 0.25) is 0 Å². The third-order valence-corrected chi connectivity index (χ3v) is 3.48. The van der Waals surface area contributed by atoms with Crippen molar-refractivity contribution in [2.75, 3.05) is 6.54 Å². The number of hydrogen-bond acceptors (Lipinski definition) is 2. The molecule has 1 aliphatic heterocycles. The van der Waals surface area contributed by atoms with Crippen LogP contribution in [0.4, 0.5) is 4.39 Å². The Kier molecular flexibility index (Phi) is 3.15. The number of amides is 1. The lowest BCUT2D eigenvalue weighted by Gasteiger charge is -2.23. The predicted molar refractivity (Wildman–Crippen MR) is 64.2 cm³/mol. The third-order valence-electron chi connectivity index (χ3n) is 3.48. The molecule has 1 aromatic carbocycles. The van der Waals surface area contributed by atoms with Gasteiger partial charge in [-0.1, -0.05) is 0 Å². The SMILES string of the molecule is Cc1cc(C(=O)N2CCC(N)C2C)ccc1F. The lowest BCUT2D eigenvalue weighted by molar-refractivity contribution is 0.0742. The van der Waals surface area contributed by atoms with E-state index < -0.39 is 0 Å². The molecule has 0 radical (unpaired) electrons. The molecule has 1 fully saturated rings. The van der Waals surface area contributed by atoms with Crippen molar-refractivity contribution in [1.82, 2.24) is 4.90 Å². The van der Waals surface area contributed by atoms with Gasteiger partial charge in [0.1, 0.15) is 5.82 Å². The zero-order valence-electron chi connectivity index (χ0n) is 10.1. The van der Waals surface area contributed by atoms with Crippen molar-refractivity contribution in [2.24, 2.45) is 5.73 Å². The van der Waals surface area contributed by atoms with Crippen molar-refractivity contribution < 1.29 is 9.18 Å². The van der Waals surface area contributed by atoms with E-state index in [2.05, 4.69) is 0 Å². The van der Waals surface area contributed by atoms with Gasteiger partial charge in [-0.15, -0.1) is 0 Å². The predicted octanol–water partition coefficient (Wildman–Crippen LogP) is 1.70. The first-order valence-electron chi connectivity index (χ1n) is 5.83. The number of halogens is 1. The second-order valence-electron chi connectivity index (χ2n) is 4.66. The Labute approximate surface area is 100 Å². The highest BCUT2D eigenvalue weighted by Crippen LogP contribution is 2.20. The van der Waals surface area contributed by atoms with Crippen LogP contribution >= 0.6 is 0 Å². The van der Waals surface area contributed by atoms with E-state index in [4.69, 9.17) is 5.73 Å². The van der Waals surface area contributed by atoms with Crippen LogP contribution in [-0.4, -0.2) is 29.4 Å². The lowest BCUT2D eigenvalue weighted by Crippen LogP contribution is -2.40.